The first-order chi connectivity index (χ1) is 13.6. The van der Waals surface area contributed by atoms with E-state index in [4.69, 9.17) is 4.74 Å². The van der Waals surface area contributed by atoms with Crippen LogP contribution in [0.3, 0.4) is 0 Å². The fourth-order valence-electron chi connectivity index (χ4n) is 3.20. The molecule has 6 heteroatoms. The number of carbonyl (C=O) groups is 2. The Bertz CT molecular complexity index is 470. The Labute approximate surface area is 177 Å². The summed E-state index contributed by atoms with van der Waals surface area (Å²) in [5.41, 5.74) is 0. The van der Waals surface area contributed by atoms with Crippen LogP contribution >= 0.6 is 0 Å². The van der Waals surface area contributed by atoms with Crippen molar-refractivity contribution in [3.63, 3.8) is 0 Å². The van der Waals surface area contributed by atoms with Gasteiger partial charge >= 0.3 is 5.97 Å². The Morgan fingerprint density at radius 3 is 2.31 bits per heavy atom. The van der Waals surface area contributed by atoms with Crippen LogP contribution in [-0.2, 0) is 14.3 Å². The Morgan fingerprint density at radius 2 is 1.69 bits per heavy atom. The lowest BCUT2D eigenvalue weighted by molar-refractivity contribution is -0.873. The largest absolute Gasteiger partial charge is 0.550 e. The van der Waals surface area contributed by atoms with Crippen LogP contribution in [0, 0.1) is 0 Å². The Kier molecular flexibility index (Phi) is 15.6. The number of aliphatic hydroxyl groups is 1. The van der Waals surface area contributed by atoms with E-state index in [-0.39, 0.29) is 18.5 Å². The molecule has 170 valence electrons. The van der Waals surface area contributed by atoms with E-state index in [1.807, 2.05) is 33.3 Å². The van der Waals surface area contributed by atoms with E-state index in [0.29, 0.717) is 17.4 Å². The molecule has 0 aromatic carbocycles. The van der Waals surface area contributed by atoms with Gasteiger partial charge in [0.25, 0.3) is 0 Å². The molecule has 2 unspecified atom stereocenters. The van der Waals surface area contributed by atoms with Crippen molar-refractivity contribution in [3.05, 3.63) is 12.2 Å². The van der Waals surface area contributed by atoms with Gasteiger partial charge in [0.15, 0.2) is 6.10 Å². The predicted molar refractivity (Wildman–Crippen MR) is 114 cm³/mol. The van der Waals surface area contributed by atoms with Crippen molar-refractivity contribution in [2.24, 2.45) is 0 Å². The van der Waals surface area contributed by atoms with Crippen LogP contribution in [-0.4, -0.2) is 61.4 Å². The minimum absolute atomic E-state index is 0.266. The molecule has 0 saturated heterocycles. The molecule has 6 nitrogen and oxygen atoms in total. The number of ether oxygens (including phenoxy) is 1. The van der Waals surface area contributed by atoms with Crippen LogP contribution in [0.15, 0.2) is 12.2 Å². The molecule has 2 atom stereocenters. The lowest BCUT2D eigenvalue weighted by Crippen LogP contribution is -2.45. The van der Waals surface area contributed by atoms with Crippen molar-refractivity contribution in [3.8, 4) is 0 Å². The maximum atomic E-state index is 12.0. The topological polar surface area (TPSA) is 86.7 Å². The first-order valence-corrected chi connectivity index (χ1v) is 11.2. The molecule has 0 aliphatic heterocycles. The molecule has 0 bridgehead atoms. The monoisotopic (exact) mass is 413 g/mol. The quantitative estimate of drug-likeness (QED) is 0.162. The minimum atomic E-state index is -1.20. The number of nitrogens with zero attached hydrogens (tertiary/aromatic N) is 1. The summed E-state index contributed by atoms with van der Waals surface area (Å²) in [6.07, 6.45) is 13.2. The van der Waals surface area contributed by atoms with Crippen molar-refractivity contribution in [2.45, 2.75) is 96.2 Å². The van der Waals surface area contributed by atoms with Gasteiger partial charge in [-0.1, -0.05) is 57.6 Å². The molecule has 0 aromatic heterocycles. The van der Waals surface area contributed by atoms with Gasteiger partial charge in [-0.05, 0) is 25.7 Å². The zero-order chi connectivity index (χ0) is 22.1. The number of aliphatic carboxylic acids is 1. The Balaban J connectivity index is 3.83. The normalized spacial score (nSPS) is 14.1. The second-order valence-corrected chi connectivity index (χ2v) is 8.96. The third kappa shape index (κ3) is 19.7. The van der Waals surface area contributed by atoms with E-state index >= 15 is 0 Å². The van der Waals surface area contributed by atoms with Gasteiger partial charge in [-0.3, -0.25) is 4.79 Å². The first-order valence-electron chi connectivity index (χ1n) is 11.2. The molecule has 0 aromatic rings. The van der Waals surface area contributed by atoms with Gasteiger partial charge in [0.1, 0.15) is 6.54 Å². The molecular weight excluding hydrogens is 370 g/mol. The van der Waals surface area contributed by atoms with Crippen molar-refractivity contribution in [1.82, 2.24) is 0 Å². The summed E-state index contributed by atoms with van der Waals surface area (Å²) in [7, 11) is 5.78. The Hall–Kier alpha value is -1.40. The second kappa shape index (κ2) is 16.4. The highest BCUT2D eigenvalue weighted by atomic mass is 16.5. The number of unbranched alkanes of at least 4 members (excludes halogenated alkanes) is 7. The number of carboxylic acid groups (broad SMARTS) is 1. The standard InChI is InChI=1S/C23H43NO5/c1-5-6-7-12-15-20(25)16-13-10-8-9-11-14-17-23(28)29-21(18-22(26)27)19-24(2,3)4/h13,16,20-21,25H,5-12,14-15,17-19H2,1-4H3/b16-13+. The fourth-order valence-corrected chi connectivity index (χ4v) is 3.20. The van der Waals surface area contributed by atoms with Gasteiger partial charge in [-0.15, -0.1) is 0 Å². The Morgan fingerprint density at radius 1 is 1.03 bits per heavy atom. The molecule has 0 heterocycles. The number of hydrogen-bond acceptors (Lipinski definition) is 5. The average Bonchev–Trinajstić information content (AvgIpc) is 2.58. The lowest BCUT2D eigenvalue weighted by atomic mass is 10.1. The SMILES string of the molecule is CCCCCCC(O)/C=C/CCCCCCC(=O)OC(CC(=O)[O-])C[N+](C)(C)C. The number of hydrogen-bond donors (Lipinski definition) is 1. The van der Waals surface area contributed by atoms with Crippen LogP contribution < -0.4 is 5.11 Å². The van der Waals surface area contributed by atoms with E-state index in [0.717, 1.165) is 44.9 Å². The van der Waals surface area contributed by atoms with Crippen LogP contribution in [0.5, 0.6) is 0 Å². The first kappa shape index (κ1) is 27.6. The zero-order valence-corrected chi connectivity index (χ0v) is 19.0. The molecule has 29 heavy (non-hydrogen) atoms. The predicted octanol–water partition coefficient (Wildman–Crippen LogP) is 2.97. The third-order valence-corrected chi connectivity index (χ3v) is 4.66. The summed E-state index contributed by atoms with van der Waals surface area (Å²) in [5.74, 6) is -1.54. The lowest BCUT2D eigenvalue weighted by Gasteiger charge is -2.29. The number of likely N-dealkylation sites (N-methyl/N-ethyl adjacent to an activating group) is 1. The molecule has 1 N–H and O–H groups in total. The molecule has 0 saturated carbocycles. The van der Waals surface area contributed by atoms with Gasteiger partial charge in [0.2, 0.25) is 0 Å². The van der Waals surface area contributed by atoms with Crippen molar-refractivity contribution >= 4 is 11.9 Å². The number of rotatable bonds is 18. The van der Waals surface area contributed by atoms with Gasteiger partial charge in [0.05, 0.1) is 27.2 Å². The summed E-state index contributed by atoms with van der Waals surface area (Å²) >= 11 is 0. The van der Waals surface area contributed by atoms with Crippen LogP contribution in [0.1, 0.15) is 84.0 Å². The smallest absolute Gasteiger partial charge is 0.306 e. The number of esters is 1. The molecule has 0 aliphatic rings. The average molecular weight is 414 g/mol. The molecule has 0 amide bonds. The summed E-state index contributed by atoms with van der Waals surface area (Å²) in [6.45, 7) is 2.62. The van der Waals surface area contributed by atoms with E-state index in [2.05, 4.69) is 6.92 Å². The molecule has 0 spiro atoms. The van der Waals surface area contributed by atoms with Gasteiger partial charge in [-0.25, -0.2) is 0 Å². The minimum Gasteiger partial charge on any atom is -0.550 e. The number of carboxylic acids is 1. The summed E-state index contributed by atoms with van der Waals surface area (Å²) in [6, 6.07) is 0. The maximum Gasteiger partial charge on any atom is 0.306 e. The second-order valence-electron chi connectivity index (χ2n) is 8.96. The maximum absolute atomic E-state index is 12.0. The van der Waals surface area contributed by atoms with Gasteiger partial charge in [0, 0.05) is 18.8 Å². The number of aliphatic hydroxyl groups excluding tert-OH is 1. The van der Waals surface area contributed by atoms with E-state index in [9.17, 15) is 19.8 Å². The molecule has 0 rings (SSSR count). The number of quaternary nitrogens is 1. The van der Waals surface area contributed by atoms with E-state index < -0.39 is 12.1 Å². The van der Waals surface area contributed by atoms with Crippen LogP contribution in [0.25, 0.3) is 0 Å². The molecular formula is C23H43NO5. The van der Waals surface area contributed by atoms with Crippen molar-refractivity contribution in [2.75, 3.05) is 27.7 Å². The number of carbonyl (C=O) groups excluding carboxylic acids is 2. The third-order valence-electron chi connectivity index (χ3n) is 4.66. The number of allylic oxidation sites excluding steroid dienone is 1. The zero-order valence-electron chi connectivity index (χ0n) is 19.0. The molecule has 0 fully saturated rings. The van der Waals surface area contributed by atoms with E-state index in [1.165, 1.54) is 19.3 Å². The van der Waals surface area contributed by atoms with Gasteiger partial charge < -0.3 is 24.2 Å². The van der Waals surface area contributed by atoms with E-state index in [1.54, 1.807) is 0 Å². The van der Waals surface area contributed by atoms with Crippen LogP contribution in [0.4, 0.5) is 0 Å². The van der Waals surface area contributed by atoms with Crippen LogP contribution in [0.2, 0.25) is 0 Å². The summed E-state index contributed by atoms with van der Waals surface area (Å²) in [4.78, 5) is 22.8. The molecule has 0 aliphatic carbocycles. The summed E-state index contributed by atoms with van der Waals surface area (Å²) < 4.78 is 5.86. The molecule has 0 radical (unpaired) electrons. The highest BCUT2D eigenvalue weighted by Gasteiger charge is 2.22. The highest BCUT2D eigenvalue weighted by Crippen LogP contribution is 2.11. The fraction of sp³-hybridized carbons (Fsp3) is 0.826. The highest BCUT2D eigenvalue weighted by molar-refractivity contribution is 5.70. The van der Waals surface area contributed by atoms with Crippen molar-refractivity contribution in [1.29, 1.82) is 0 Å². The van der Waals surface area contributed by atoms with Crippen molar-refractivity contribution < 1.29 is 29.0 Å². The van der Waals surface area contributed by atoms with Gasteiger partial charge in [-0.2, -0.15) is 0 Å². The summed E-state index contributed by atoms with van der Waals surface area (Å²) in [5, 5.41) is 20.7.